The van der Waals surface area contributed by atoms with Gasteiger partial charge in [-0.1, -0.05) is 24.3 Å². The van der Waals surface area contributed by atoms with Crippen molar-refractivity contribution in [2.75, 3.05) is 0 Å². The zero-order valence-corrected chi connectivity index (χ0v) is 27.6. The van der Waals surface area contributed by atoms with Crippen LogP contribution in [-0.2, 0) is 6.18 Å². The Labute approximate surface area is 300 Å². The first-order valence-electron chi connectivity index (χ1n) is 16.1. The maximum atomic E-state index is 14.8. The number of fused-ring (bicyclic) bond motifs is 6. The predicted molar refractivity (Wildman–Crippen MR) is 197 cm³/mol. The molecule has 8 rings (SSSR count). The molecule has 0 N–H and O–H groups in total. The molecule has 0 atom stereocenters. The molecule has 0 radical (unpaired) electrons. The van der Waals surface area contributed by atoms with Crippen molar-refractivity contribution in [3.63, 3.8) is 0 Å². The van der Waals surface area contributed by atoms with Gasteiger partial charge in [0, 0.05) is 10.8 Å². The summed E-state index contributed by atoms with van der Waals surface area (Å²) in [5, 5.41) is 33.1. The summed E-state index contributed by atoms with van der Waals surface area (Å²) in [7, 11) is 0. The monoisotopic (exact) mass is 691 g/mol. The van der Waals surface area contributed by atoms with Crippen LogP contribution in [0.15, 0.2) is 103 Å². The molecule has 0 bridgehead atoms. The van der Waals surface area contributed by atoms with Crippen molar-refractivity contribution in [3.8, 4) is 40.7 Å². The van der Waals surface area contributed by atoms with Crippen LogP contribution in [-0.4, -0.2) is 9.13 Å². The summed E-state index contributed by atoms with van der Waals surface area (Å²) in [5.41, 5.74) is 4.08. The van der Waals surface area contributed by atoms with Gasteiger partial charge in [-0.25, -0.2) is 9.69 Å². The summed E-state index contributed by atoms with van der Waals surface area (Å²) in [6.45, 7) is 16.9. The van der Waals surface area contributed by atoms with Gasteiger partial charge in [0.2, 0.25) is 0 Å². The lowest BCUT2D eigenvalue weighted by atomic mass is 9.92. The Morgan fingerprint density at radius 1 is 0.585 bits per heavy atom. The molecule has 10 heteroatoms. The number of hydrogen-bond donors (Lipinski definition) is 0. The second-order valence-electron chi connectivity index (χ2n) is 12.5. The van der Waals surface area contributed by atoms with E-state index >= 15 is 0 Å². The topological polar surface area (TPSA) is 89.9 Å². The number of halogens is 3. The van der Waals surface area contributed by atoms with E-state index in [4.69, 9.17) is 13.1 Å². The normalized spacial score (nSPS) is 11.3. The fraction of sp³-hybridized carbons (Fsp3) is 0.0465. The first kappa shape index (κ1) is 32.4. The molecule has 0 aliphatic rings. The van der Waals surface area contributed by atoms with E-state index < -0.39 is 11.7 Å². The van der Waals surface area contributed by atoms with E-state index in [-0.39, 0.29) is 28.1 Å². The number of alkyl halides is 3. The molecule has 8 aromatic rings. The number of nitrogens with zero attached hydrogens (tertiary/aromatic N) is 7. The molecular weight excluding hydrogens is 672 g/mol. The fourth-order valence-electron chi connectivity index (χ4n) is 7.33. The molecule has 7 nitrogen and oxygen atoms in total. The predicted octanol–water partition coefficient (Wildman–Crippen LogP) is 11.6. The molecule has 2 heterocycles. The van der Waals surface area contributed by atoms with Crippen molar-refractivity contribution in [2.24, 2.45) is 0 Å². The third-order valence-electron chi connectivity index (χ3n) is 9.57. The quantitative estimate of drug-likeness (QED) is 0.173. The minimum absolute atomic E-state index is 0.0577. The van der Waals surface area contributed by atoms with E-state index in [1.54, 1.807) is 107 Å². The summed E-state index contributed by atoms with van der Waals surface area (Å²) in [4.78, 5) is 7.18. The van der Waals surface area contributed by atoms with Crippen molar-refractivity contribution in [2.45, 2.75) is 13.1 Å². The van der Waals surface area contributed by atoms with Gasteiger partial charge in [-0.3, -0.25) is 0 Å². The van der Waals surface area contributed by atoms with Gasteiger partial charge in [-0.15, -0.1) is 0 Å². The summed E-state index contributed by atoms with van der Waals surface area (Å²) < 4.78 is 47.9. The highest BCUT2D eigenvalue weighted by Crippen LogP contribution is 2.45. The van der Waals surface area contributed by atoms with Crippen LogP contribution in [0, 0.1) is 54.1 Å². The molecule has 0 aliphatic carbocycles. The molecule has 0 fully saturated rings. The molecular formula is C43H20F3N7. The van der Waals surface area contributed by atoms with Crippen molar-refractivity contribution in [1.29, 1.82) is 15.8 Å². The Bertz CT molecular complexity index is 2810. The van der Waals surface area contributed by atoms with E-state index in [0.717, 1.165) is 6.07 Å². The van der Waals surface area contributed by atoms with Crippen molar-refractivity contribution < 1.29 is 13.2 Å². The molecule has 6 aromatic carbocycles. The second-order valence-corrected chi connectivity index (χ2v) is 12.5. The summed E-state index contributed by atoms with van der Waals surface area (Å²) in [6, 6.07) is 34.0. The zero-order valence-electron chi connectivity index (χ0n) is 27.6. The number of benzene rings is 6. The molecule has 0 aliphatic heterocycles. The minimum Gasteiger partial charge on any atom is -0.308 e. The van der Waals surface area contributed by atoms with Crippen LogP contribution < -0.4 is 0 Å². The lowest BCUT2D eigenvalue weighted by Gasteiger charge is -2.21. The highest BCUT2D eigenvalue weighted by Gasteiger charge is 2.35. The van der Waals surface area contributed by atoms with Gasteiger partial charge in [0.25, 0.3) is 0 Å². The van der Waals surface area contributed by atoms with Crippen LogP contribution >= 0.6 is 0 Å². The number of hydrogen-bond acceptors (Lipinski definition) is 3. The second kappa shape index (κ2) is 11.9. The van der Waals surface area contributed by atoms with Gasteiger partial charge >= 0.3 is 6.18 Å². The summed E-state index contributed by atoms with van der Waals surface area (Å²) in [5.74, 6) is 0. The molecule has 0 saturated heterocycles. The van der Waals surface area contributed by atoms with Crippen molar-refractivity contribution in [1.82, 2.24) is 9.13 Å². The smallest absolute Gasteiger partial charge is 0.308 e. The lowest BCUT2D eigenvalue weighted by molar-refractivity contribution is -0.137. The van der Waals surface area contributed by atoms with Gasteiger partial charge in [-0.2, -0.15) is 29.0 Å². The Balaban J connectivity index is 1.60. The maximum absolute atomic E-state index is 14.8. The largest absolute Gasteiger partial charge is 0.417 e. The van der Waals surface area contributed by atoms with Crippen LogP contribution in [0.3, 0.4) is 0 Å². The van der Waals surface area contributed by atoms with E-state index in [9.17, 15) is 29.0 Å². The lowest BCUT2D eigenvalue weighted by Crippen LogP contribution is -2.10. The standard InChI is InChI=1S/C43H20F3N7/c1-24-5-4-6-35(43(44,45)46)42(24)27-17-40(52-36-11-7-25(21-47)15-30(36)31-16-26(22-48)8-12-37(31)52)34(23-49)41(18-27)53-38-13-9-28(50-2)19-32(38)33-20-29(51-3)10-14-39(33)53/h4-20H,1H3. The molecule has 248 valence electrons. The number of nitriles is 3. The highest BCUT2D eigenvalue weighted by molar-refractivity contribution is 6.13. The maximum Gasteiger partial charge on any atom is 0.417 e. The highest BCUT2D eigenvalue weighted by atomic mass is 19.4. The van der Waals surface area contributed by atoms with Crippen molar-refractivity contribution >= 4 is 55.0 Å². The molecule has 53 heavy (non-hydrogen) atoms. The van der Waals surface area contributed by atoms with Crippen LogP contribution in [0.25, 0.3) is 75.8 Å². The van der Waals surface area contributed by atoms with Gasteiger partial charge in [0.1, 0.15) is 11.6 Å². The number of aromatic nitrogens is 2. The Hall–Kier alpha value is -7.84. The Morgan fingerprint density at radius 3 is 1.45 bits per heavy atom. The number of rotatable bonds is 3. The Morgan fingerprint density at radius 2 is 1.04 bits per heavy atom. The molecule has 0 saturated carbocycles. The van der Waals surface area contributed by atoms with Gasteiger partial charge < -0.3 is 9.13 Å². The van der Waals surface area contributed by atoms with Crippen LogP contribution in [0.4, 0.5) is 24.5 Å². The van der Waals surface area contributed by atoms with Crippen LogP contribution in [0.1, 0.15) is 27.8 Å². The summed E-state index contributed by atoms with van der Waals surface area (Å²) in [6.07, 6.45) is -4.71. The molecule has 0 spiro atoms. The van der Waals surface area contributed by atoms with E-state index in [2.05, 4.69) is 27.9 Å². The van der Waals surface area contributed by atoms with E-state index in [1.165, 1.54) is 6.07 Å². The fourth-order valence-corrected chi connectivity index (χ4v) is 7.33. The van der Waals surface area contributed by atoms with E-state index in [1.807, 2.05) is 0 Å². The average Bonchev–Trinajstić information content (AvgIpc) is 3.67. The van der Waals surface area contributed by atoms with Crippen LogP contribution in [0.2, 0.25) is 0 Å². The third kappa shape index (κ3) is 4.93. The minimum atomic E-state index is -4.71. The van der Waals surface area contributed by atoms with Gasteiger partial charge in [-0.05, 0) is 113 Å². The first-order chi connectivity index (χ1) is 25.6. The number of aryl methyl sites for hydroxylation is 1. The van der Waals surface area contributed by atoms with Gasteiger partial charge in [0.15, 0.2) is 11.4 Å². The van der Waals surface area contributed by atoms with Crippen LogP contribution in [0.5, 0.6) is 0 Å². The third-order valence-corrected chi connectivity index (χ3v) is 9.57. The molecule has 0 amide bonds. The zero-order chi connectivity index (χ0) is 37.2. The SMILES string of the molecule is [C-]#[N+]c1ccc2c(c1)c1cc([N+]#[C-])ccc1n2-c1cc(-c2c(C)cccc2C(F)(F)F)cc(-n2c3ccc(C#N)cc3c3cc(C#N)ccc32)c1C#N. The van der Waals surface area contributed by atoms with E-state index in [0.29, 0.717) is 71.7 Å². The average molecular weight is 692 g/mol. The first-order valence-corrected chi connectivity index (χ1v) is 16.1. The Kier molecular flexibility index (Phi) is 7.26. The summed E-state index contributed by atoms with van der Waals surface area (Å²) >= 11 is 0. The molecule has 2 aromatic heterocycles. The molecule has 0 unspecified atom stereocenters. The van der Waals surface area contributed by atoms with Gasteiger partial charge in [0.05, 0.1) is 75.4 Å². The van der Waals surface area contributed by atoms with Crippen molar-refractivity contribution in [3.05, 3.63) is 154 Å².